The first kappa shape index (κ1) is 13.8. The van der Waals surface area contributed by atoms with Gasteiger partial charge in [-0.1, -0.05) is 11.6 Å². The Hall–Kier alpha value is -2.61. The largest absolute Gasteiger partial charge is 0.290 e. The average Bonchev–Trinajstić information content (AvgIpc) is 2.38. The molecule has 0 aliphatic rings. The zero-order valence-electron chi connectivity index (χ0n) is 9.71. The number of anilines is 1. The quantitative estimate of drug-likeness (QED) is 0.533. The monoisotopic (exact) mass is 296 g/mol. The van der Waals surface area contributed by atoms with Crippen molar-refractivity contribution in [1.29, 1.82) is 0 Å². The summed E-state index contributed by atoms with van der Waals surface area (Å²) in [5, 5.41) is 13.1. The SMILES string of the molecule is O=C(Nc1nccc(Cl)n1)c1cc(F)ccc1[N+](=O)[O-]. The number of benzene rings is 1. The van der Waals surface area contributed by atoms with Crippen molar-refractivity contribution in [2.24, 2.45) is 0 Å². The Morgan fingerprint density at radius 2 is 2.15 bits per heavy atom. The second-order valence-electron chi connectivity index (χ2n) is 3.58. The molecular weight excluding hydrogens is 291 g/mol. The minimum atomic E-state index is -0.904. The van der Waals surface area contributed by atoms with Gasteiger partial charge in [0.15, 0.2) is 0 Å². The fourth-order valence-electron chi connectivity index (χ4n) is 1.42. The van der Waals surface area contributed by atoms with Gasteiger partial charge in [-0.3, -0.25) is 20.2 Å². The number of hydrogen-bond donors (Lipinski definition) is 1. The van der Waals surface area contributed by atoms with E-state index in [-0.39, 0.29) is 11.1 Å². The van der Waals surface area contributed by atoms with Gasteiger partial charge in [0.1, 0.15) is 16.5 Å². The molecule has 0 atom stereocenters. The van der Waals surface area contributed by atoms with E-state index in [2.05, 4.69) is 15.3 Å². The van der Waals surface area contributed by atoms with Crippen LogP contribution in [-0.2, 0) is 0 Å². The van der Waals surface area contributed by atoms with Crippen LogP contribution in [0.25, 0.3) is 0 Å². The van der Waals surface area contributed by atoms with Crippen LogP contribution in [0.3, 0.4) is 0 Å². The zero-order valence-corrected chi connectivity index (χ0v) is 10.5. The summed E-state index contributed by atoms with van der Waals surface area (Å²) in [7, 11) is 0. The Bertz CT molecular complexity index is 695. The number of halogens is 2. The van der Waals surface area contributed by atoms with Gasteiger partial charge >= 0.3 is 0 Å². The molecule has 1 heterocycles. The Morgan fingerprint density at radius 3 is 2.80 bits per heavy atom. The predicted octanol–water partition coefficient (Wildman–Crippen LogP) is 2.43. The number of carbonyl (C=O) groups is 1. The highest BCUT2D eigenvalue weighted by molar-refractivity contribution is 6.29. The maximum atomic E-state index is 13.1. The number of nitrogens with zero attached hydrogens (tertiary/aromatic N) is 3. The minimum absolute atomic E-state index is 0.0871. The van der Waals surface area contributed by atoms with Crippen LogP contribution in [0.15, 0.2) is 30.5 Å². The molecular formula is C11H6ClFN4O3. The molecule has 7 nitrogen and oxygen atoms in total. The van der Waals surface area contributed by atoms with E-state index in [1.165, 1.54) is 12.3 Å². The molecule has 0 saturated heterocycles. The normalized spacial score (nSPS) is 10.1. The molecule has 0 aliphatic carbocycles. The second-order valence-corrected chi connectivity index (χ2v) is 3.96. The van der Waals surface area contributed by atoms with Crippen LogP contribution in [0, 0.1) is 15.9 Å². The third kappa shape index (κ3) is 3.04. The molecule has 1 aromatic carbocycles. The maximum absolute atomic E-state index is 13.1. The van der Waals surface area contributed by atoms with Crippen LogP contribution >= 0.6 is 11.6 Å². The summed E-state index contributed by atoms with van der Waals surface area (Å²) >= 11 is 5.61. The third-order valence-corrected chi connectivity index (χ3v) is 2.46. The average molecular weight is 297 g/mol. The van der Waals surface area contributed by atoms with Crippen LogP contribution in [-0.4, -0.2) is 20.8 Å². The number of nitro groups is 1. The van der Waals surface area contributed by atoms with Crippen molar-refractivity contribution in [3.05, 3.63) is 57.1 Å². The molecule has 0 radical (unpaired) electrons. The van der Waals surface area contributed by atoms with Gasteiger partial charge in [0, 0.05) is 12.3 Å². The lowest BCUT2D eigenvalue weighted by Crippen LogP contribution is -2.16. The van der Waals surface area contributed by atoms with E-state index >= 15 is 0 Å². The summed E-state index contributed by atoms with van der Waals surface area (Å²) in [6.07, 6.45) is 1.30. The number of nitro benzene ring substituents is 1. The summed E-state index contributed by atoms with van der Waals surface area (Å²) < 4.78 is 13.1. The Morgan fingerprint density at radius 1 is 1.40 bits per heavy atom. The van der Waals surface area contributed by atoms with Crippen LogP contribution in [0.5, 0.6) is 0 Å². The summed E-state index contributed by atoms with van der Waals surface area (Å²) in [4.78, 5) is 29.3. The van der Waals surface area contributed by atoms with Gasteiger partial charge in [0.05, 0.1) is 4.92 Å². The first-order valence-corrected chi connectivity index (χ1v) is 5.59. The van der Waals surface area contributed by atoms with E-state index < -0.39 is 27.9 Å². The van der Waals surface area contributed by atoms with Crippen molar-refractivity contribution in [3.63, 3.8) is 0 Å². The standard InChI is InChI=1S/C11H6ClFN4O3/c12-9-3-4-14-11(15-9)16-10(18)7-5-6(13)1-2-8(7)17(19)20/h1-5H,(H,14,15,16,18). The fourth-order valence-corrected chi connectivity index (χ4v) is 1.55. The zero-order chi connectivity index (χ0) is 14.7. The predicted molar refractivity (Wildman–Crippen MR) is 68.0 cm³/mol. The van der Waals surface area contributed by atoms with Crippen molar-refractivity contribution in [3.8, 4) is 0 Å². The molecule has 20 heavy (non-hydrogen) atoms. The molecule has 102 valence electrons. The summed E-state index contributed by atoms with van der Waals surface area (Å²) in [5.74, 6) is -1.81. The van der Waals surface area contributed by atoms with E-state index in [0.29, 0.717) is 0 Å². The van der Waals surface area contributed by atoms with Crippen molar-refractivity contribution in [2.45, 2.75) is 0 Å². The van der Waals surface area contributed by atoms with Crippen LogP contribution < -0.4 is 5.32 Å². The van der Waals surface area contributed by atoms with E-state index in [4.69, 9.17) is 11.6 Å². The highest BCUT2D eigenvalue weighted by atomic mass is 35.5. The fraction of sp³-hybridized carbons (Fsp3) is 0. The van der Waals surface area contributed by atoms with Gasteiger partial charge in [0.25, 0.3) is 11.6 Å². The van der Waals surface area contributed by atoms with E-state index in [9.17, 15) is 19.3 Å². The van der Waals surface area contributed by atoms with Crippen molar-refractivity contribution < 1.29 is 14.1 Å². The van der Waals surface area contributed by atoms with E-state index in [1.807, 2.05) is 0 Å². The molecule has 0 aliphatic heterocycles. The van der Waals surface area contributed by atoms with Gasteiger partial charge in [-0.15, -0.1) is 0 Å². The molecule has 2 aromatic rings. The highest BCUT2D eigenvalue weighted by Gasteiger charge is 2.21. The summed E-state index contributed by atoms with van der Waals surface area (Å²) in [6, 6.07) is 3.95. The molecule has 2 rings (SSSR count). The van der Waals surface area contributed by atoms with Crippen molar-refractivity contribution >= 4 is 29.1 Å². The highest BCUT2D eigenvalue weighted by Crippen LogP contribution is 2.20. The first-order chi connectivity index (χ1) is 9.47. The second kappa shape index (κ2) is 5.57. The number of nitrogens with one attached hydrogen (secondary N) is 1. The Balaban J connectivity index is 2.34. The third-order valence-electron chi connectivity index (χ3n) is 2.25. The molecule has 1 aromatic heterocycles. The van der Waals surface area contributed by atoms with Gasteiger partial charge < -0.3 is 0 Å². The minimum Gasteiger partial charge on any atom is -0.290 e. The smallest absolute Gasteiger partial charge is 0.282 e. The van der Waals surface area contributed by atoms with Crippen LogP contribution in [0.1, 0.15) is 10.4 Å². The number of amides is 1. The Kier molecular flexibility index (Phi) is 3.85. The number of hydrogen-bond acceptors (Lipinski definition) is 5. The lowest BCUT2D eigenvalue weighted by molar-refractivity contribution is -0.385. The van der Waals surface area contributed by atoms with Crippen molar-refractivity contribution in [2.75, 3.05) is 5.32 Å². The molecule has 0 fully saturated rings. The van der Waals surface area contributed by atoms with Crippen LogP contribution in [0.4, 0.5) is 16.0 Å². The topological polar surface area (TPSA) is 98.0 Å². The van der Waals surface area contributed by atoms with Gasteiger partial charge in [-0.25, -0.2) is 14.4 Å². The molecule has 0 spiro atoms. The van der Waals surface area contributed by atoms with E-state index in [0.717, 1.165) is 18.2 Å². The first-order valence-electron chi connectivity index (χ1n) is 5.21. The van der Waals surface area contributed by atoms with Crippen LogP contribution in [0.2, 0.25) is 5.15 Å². The Labute approximate surface area is 116 Å². The molecule has 1 amide bonds. The van der Waals surface area contributed by atoms with E-state index in [1.54, 1.807) is 0 Å². The number of aromatic nitrogens is 2. The molecule has 0 unspecified atom stereocenters. The van der Waals surface area contributed by atoms with Crippen molar-refractivity contribution in [1.82, 2.24) is 9.97 Å². The van der Waals surface area contributed by atoms with Gasteiger partial charge in [-0.2, -0.15) is 0 Å². The number of carbonyl (C=O) groups excluding carboxylic acids is 1. The summed E-state index contributed by atoms with van der Waals surface area (Å²) in [6.45, 7) is 0. The molecule has 9 heteroatoms. The number of rotatable bonds is 3. The van der Waals surface area contributed by atoms with Gasteiger partial charge in [0.2, 0.25) is 5.95 Å². The molecule has 1 N–H and O–H groups in total. The molecule has 0 bridgehead atoms. The molecule has 0 saturated carbocycles. The lowest BCUT2D eigenvalue weighted by atomic mass is 10.1. The maximum Gasteiger partial charge on any atom is 0.282 e. The lowest BCUT2D eigenvalue weighted by Gasteiger charge is -2.04. The van der Waals surface area contributed by atoms with Gasteiger partial charge in [-0.05, 0) is 18.2 Å². The summed E-state index contributed by atoms with van der Waals surface area (Å²) in [5.41, 5.74) is -0.954.